The van der Waals surface area contributed by atoms with Crippen LogP contribution in [0, 0.1) is 17.3 Å². The van der Waals surface area contributed by atoms with E-state index in [1.165, 1.54) is 51.4 Å². The zero-order chi connectivity index (χ0) is 15.6. The van der Waals surface area contributed by atoms with E-state index in [9.17, 15) is 0 Å². The lowest BCUT2D eigenvalue weighted by molar-refractivity contribution is 0.0898. The Morgan fingerprint density at radius 3 is 2.19 bits per heavy atom. The fourth-order valence-corrected chi connectivity index (χ4v) is 5.45. The summed E-state index contributed by atoms with van der Waals surface area (Å²) in [4.78, 5) is 2.70. The van der Waals surface area contributed by atoms with Gasteiger partial charge in [-0.3, -0.25) is 0 Å². The molecule has 0 spiro atoms. The van der Waals surface area contributed by atoms with E-state index in [4.69, 9.17) is 0 Å². The lowest BCUT2D eigenvalue weighted by Crippen LogP contribution is -2.45. The first-order valence-corrected chi connectivity index (χ1v) is 9.29. The number of allylic oxidation sites excluding steroid dienone is 2. The van der Waals surface area contributed by atoms with Crippen molar-refractivity contribution in [2.75, 3.05) is 7.05 Å². The summed E-state index contributed by atoms with van der Waals surface area (Å²) in [6, 6.07) is 0.674. The third kappa shape index (κ3) is 3.66. The molecule has 0 aromatic heterocycles. The molecular formula is C20H37N. The van der Waals surface area contributed by atoms with Crippen molar-refractivity contribution in [3.63, 3.8) is 0 Å². The predicted molar refractivity (Wildman–Crippen MR) is 93.3 cm³/mol. The van der Waals surface area contributed by atoms with Crippen molar-refractivity contribution in [2.45, 2.75) is 92.0 Å². The van der Waals surface area contributed by atoms with Gasteiger partial charge in [-0.1, -0.05) is 53.9 Å². The van der Waals surface area contributed by atoms with Crippen LogP contribution in [0.5, 0.6) is 0 Å². The Hall–Kier alpha value is -0.460. The molecule has 2 atom stereocenters. The number of rotatable bonds is 1. The van der Waals surface area contributed by atoms with Gasteiger partial charge in [0.25, 0.3) is 0 Å². The fourth-order valence-electron chi connectivity index (χ4n) is 5.45. The average molecular weight is 292 g/mol. The van der Waals surface area contributed by atoms with Crippen molar-refractivity contribution in [2.24, 2.45) is 17.3 Å². The first-order valence-electron chi connectivity index (χ1n) is 9.29. The zero-order valence-electron chi connectivity index (χ0n) is 15.3. The van der Waals surface area contributed by atoms with E-state index in [0.29, 0.717) is 11.5 Å². The molecule has 21 heavy (non-hydrogen) atoms. The molecule has 0 aromatic rings. The number of hydrogen-bond acceptors (Lipinski definition) is 1. The fraction of sp³-hybridized carbons (Fsp3) is 0.900. The van der Waals surface area contributed by atoms with Crippen molar-refractivity contribution in [3.8, 4) is 0 Å². The molecule has 1 unspecified atom stereocenters. The van der Waals surface area contributed by atoms with Crippen LogP contribution in [0.2, 0.25) is 0 Å². The third-order valence-electron chi connectivity index (χ3n) is 5.93. The van der Waals surface area contributed by atoms with Crippen LogP contribution in [0.3, 0.4) is 0 Å². The van der Waals surface area contributed by atoms with Crippen LogP contribution in [0.4, 0.5) is 0 Å². The Morgan fingerprint density at radius 2 is 1.57 bits per heavy atom. The molecule has 0 amide bonds. The van der Waals surface area contributed by atoms with Crippen molar-refractivity contribution in [1.82, 2.24) is 4.90 Å². The van der Waals surface area contributed by atoms with E-state index in [0.717, 1.165) is 11.8 Å². The molecule has 2 rings (SSSR count). The van der Waals surface area contributed by atoms with Crippen molar-refractivity contribution < 1.29 is 0 Å². The van der Waals surface area contributed by atoms with Gasteiger partial charge < -0.3 is 4.90 Å². The second-order valence-corrected chi connectivity index (χ2v) is 8.63. The maximum atomic E-state index is 2.70. The SMILES string of the molecule is CC1CC(C)(C)[C@@H](C(C)C)N(C)C2=C1CCCCCCC2. The number of nitrogens with zero attached hydrogens (tertiary/aromatic N) is 1. The van der Waals surface area contributed by atoms with Gasteiger partial charge in [0.2, 0.25) is 0 Å². The van der Waals surface area contributed by atoms with Gasteiger partial charge in [-0.15, -0.1) is 0 Å². The molecule has 1 aliphatic carbocycles. The minimum absolute atomic E-state index is 0.402. The monoisotopic (exact) mass is 291 g/mol. The van der Waals surface area contributed by atoms with Gasteiger partial charge in [0.15, 0.2) is 0 Å². The summed E-state index contributed by atoms with van der Waals surface area (Å²) in [6.45, 7) is 12.3. The maximum absolute atomic E-state index is 2.70. The summed E-state index contributed by atoms with van der Waals surface area (Å²) in [5.41, 5.74) is 3.92. The topological polar surface area (TPSA) is 3.24 Å². The van der Waals surface area contributed by atoms with Gasteiger partial charge in [-0.2, -0.15) is 0 Å². The normalized spacial score (nSPS) is 31.3. The van der Waals surface area contributed by atoms with Crippen LogP contribution in [0.15, 0.2) is 11.3 Å². The molecule has 0 saturated heterocycles. The molecule has 0 radical (unpaired) electrons. The highest BCUT2D eigenvalue weighted by Gasteiger charge is 2.40. The highest BCUT2D eigenvalue weighted by Crippen LogP contribution is 2.45. The number of hydrogen-bond donors (Lipinski definition) is 0. The summed E-state index contributed by atoms with van der Waals surface area (Å²) < 4.78 is 0. The Labute approximate surface area is 133 Å². The molecule has 0 aromatic carbocycles. The molecule has 1 nitrogen and oxygen atoms in total. The van der Waals surface area contributed by atoms with Crippen molar-refractivity contribution >= 4 is 0 Å². The predicted octanol–water partition coefficient (Wildman–Crippen LogP) is 6.01. The van der Waals surface area contributed by atoms with Gasteiger partial charge in [0.1, 0.15) is 0 Å². The summed E-state index contributed by atoms with van der Waals surface area (Å²) in [6.07, 6.45) is 11.1. The largest absolute Gasteiger partial charge is 0.374 e. The van der Waals surface area contributed by atoms with Crippen molar-refractivity contribution in [1.29, 1.82) is 0 Å². The van der Waals surface area contributed by atoms with Crippen molar-refractivity contribution in [3.05, 3.63) is 11.3 Å². The van der Waals surface area contributed by atoms with Crippen LogP contribution in [-0.4, -0.2) is 18.0 Å². The molecule has 122 valence electrons. The van der Waals surface area contributed by atoms with Gasteiger partial charge >= 0.3 is 0 Å². The van der Waals surface area contributed by atoms with E-state index in [-0.39, 0.29) is 0 Å². The van der Waals surface area contributed by atoms with E-state index in [2.05, 4.69) is 46.6 Å². The second-order valence-electron chi connectivity index (χ2n) is 8.63. The molecule has 1 aliphatic heterocycles. The molecule has 0 fully saturated rings. The third-order valence-corrected chi connectivity index (χ3v) is 5.93. The first kappa shape index (κ1) is 16.9. The molecule has 0 saturated carbocycles. The van der Waals surface area contributed by atoms with Gasteiger partial charge in [-0.25, -0.2) is 0 Å². The first-order chi connectivity index (χ1) is 9.84. The Balaban J connectivity index is 2.40. The van der Waals surface area contributed by atoms with E-state index >= 15 is 0 Å². The Morgan fingerprint density at radius 1 is 1.00 bits per heavy atom. The van der Waals surface area contributed by atoms with E-state index in [1.807, 2.05) is 0 Å². The average Bonchev–Trinajstić information content (AvgIpc) is 2.45. The molecule has 0 bridgehead atoms. The minimum atomic E-state index is 0.402. The standard InChI is InChI=1S/C20H37N/c1-15(2)19-20(4,5)14-16(3)17-12-10-8-7-9-11-13-18(17)21(19)6/h15-16,19H,7-14H2,1-6H3/t16?,19-/m1/s1. The van der Waals surface area contributed by atoms with Gasteiger partial charge in [-0.05, 0) is 54.9 Å². The smallest absolute Gasteiger partial charge is 0.0357 e. The van der Waals surface area contributed by atoms with Crippen LogP contribution in [0.1, 0.15) is 86.0 Å². The summed E-state index contributed by atoms with van der Waals surface area (Å²) in [7, 11) is 2.39. The summed E-state index contributed by atoms with van der Waals surface area (Å²) in [5, 5.41) is 0. The van der Waals surface area contributed by atoms with Gasteiger partial charge in [0.05, 0.1) is 0 Å². The molecule has 1 heteroatoms. The van der Waals surface area contributed by atoms with Crippen LogP contribution in [0.25, 0.3) is 0 Å². The summed E-state index contributed by atoms with van der Waals surface area (Å²) >= 11 is 0. The zero-order valence-corrected chi connectivity index (χ0v) is 15.3. The van der Waals surface area contributed by atoms with E-state index in [1.54, 1.807) is 11.3 Å². The Kier molecular flexibility index (Phi) is 5.43. The lowest BCUT2D eigenvalue weighted by Gasteiger charge is -2.44. The second kappa shape index (κ2) is 6.75. The molecule has 2 aliphatic rings. The van der Waals surface area contributed by atoms with Crippen LogP contribution >= 0.6 is 0 Å². The molecule has 1 heterocycles. The van der Waals surface area contributed by atoms with E-state index < -0.39 is 0 Å². The van der Waals surface area contributed by atoms with Crippen LogP contribution in [-0.2, 0) is 0 Å². The lowest BCUT2D eigenvalue weighted by atomic mass is 9.72. The quantitative estimate of drug-likeness (QED) is 0.572. The van der Waals surface area contributed by atoms with Crippen LogP contribution < -0.4 is 0 Å². The minimum Gasteiger partial charge on any atom is -0.374 e. The Bertz CT molecular complexity index is 377. The van der Waals surface area contributed by atoms with Gasteiger partial charge in [0, 0.05) is 18.8 Å². The summed E-state index contributed by atoms with van der Waals surface area (Å²) in [5.74, 6) is 1.48. The highest BCUT2D eigenvalue weighted by atomic mass is 15.2. The maximum Gasteiger partial charge on any atom is 0.0357 e. The molecular weight excluding hydrogens is 254 g/mol. The molecule has 0 N–H and O–H groups in total. The highest BCUT2D eigenvalue weighted by molar-refractivity contribution is 5.21.